The number of fused-ring (bicyclic) bond motifs is 1. The maximum Gasteiger partial charge on any atom is 0.262 e. The first kappa shape index (κ1) is 21.5. The van der Waals surface area contributed by atoms with Crippen LogP contribution in [0.1, 0.15) is 6.42 Å². The zero-order chi connectivity index (χ0) is 17.6. The van der Waals surface area contributed by atoms with Crippen LogP contribution in [0.15, 0.2) is 12.5 Å². The van der Waals surface area contributed by atoms with Gasteiger partial charge in [-0.25, -0.2) is 18.7 Å². The van der Waals surface area contributed by atoms with E-state index in [9.17, 15) is 13.6 Å². The van der Waals surface area contributed by atoms with E-state index in [1.807, 2.05) is 7.05 Å². The van der Waals surface area contributed by atoms with E-state index < -0.39 is 24.9 Å². The molecule has 0 radical (unpaired) electrons. The van der Waals surface area contributed by atoms with E-state index in [1.165, 1.54) is 6.33 Å². The molecule has 2 aliphatic heterocycles. The van der Waals surface area contributed by atoms with Gasteiger partial charge in [0.15, 0.2) is 5.65 Å². The van der Waals surface area contributed by atoms with Crippen molar-refractivity contribution in [1.29, 1.82) is 0 Å². The third kappa shape index (κ3) is 4.07. The van der Waals surface area contributed by atoms with Crippen molar-refractivity contribution in [3.05, 3.63) is 12.5 Å². The Morgan fingerprint density at radius 2 is 1.93 bits per heavy atom. The largest absolute Gasteiger partial charge is 0.352 e. The minimum atomic E-state index is -2.80. The number of aryl methyl sites for hydroxylation is 1. The summed E-state index contributed by atoms with van der Waals surface area (Å²) in [6.45, 7) is 1.72. The number of anilines is 1. The molecule has 150 valence electrons. The third-order valence-electron chi connectivity index (χ3n) is 4.81. The van der Waals surface area contributed by atoms with Crippen molar-refractivity contribution in [2.75, 3.05) is 37.6 Å². The first-order chi connectivity index (χ1) is 11.9. The van der Waals surface area contributed by atoms with E-state index in [4.69, 9.17) is 0 Å². The molecule has 1 amide bonds. The number of carbonyl (C=O) groups is 1. The molecule has 0 aliphatic carbocycles. The number of piperazine rings is 1. The number of nitrogens with one attached hydrogen (secondary N) is 1. The van der Waals surface area contributed by atoms with E-state index in [2.05, 4.69) is 25.3 Å². The Labute approximate surface area is 167 Å². The van der Waals surface area contributed by atoms with Crippen molar-refractivity contribution in [1.82, 2.24) is 30.0 Å². The van der Waals surface area contributed by atoms with Crippen molar-refractivity contribution in [3.8, 4) is 0 Å². The monoisotopic (exact) mass is 423 g/mol. The highest BCUT2D eigenvalue weighted by molar-refractivity contribution is 5.87. The van der Waals surface area contributed by atoms with Crippen LogP contribution in [0.2, 0.25) is 0 Å². The molecule has 27 heavy (non-hydrogen) atoms. The molecule has 2 fully saturated rings. The van der Waals surface area contributed by atoms with E-state index in [1.54, 1.807) is 15.8 Å². The average Bonchev–Trinajstić information content (AvgIpc) is 3.17. The fraction of sp³-hybridized carbons (Fsp3) is 0.600. The Kier molecular flexibility index (Phi) is 6.43. The van der Waals surface area contributed by atoms with Gasteiger partial charge in [0.1, 0.15) is 12.1 Å². The maximum atomic E-state index is 13.3. The van der Waals surface area contributed by atoms with E-state index in [-0.39, 0.29) is 30.7 Å². The van der Waals surface area contributed by atoms with Gasteiger partial charge in [0.05, 0.1) is 24.2 Å². The van der Waals surface area contributed by atoms with Gasteiger partial charge in [-0.2, -0.15) is 5.10 Å². The van der Waals surface area contributed by atoms with Crippen LogP contribution in [-0.2, 0) is 11.8 Å². The second-order valence-corrected chi connectivity index (χ2v) is 6.51. The van der Waals surface area contributed by atoms with Gasteiger partial charge in [0.2, 0.25) is 5.91 Å². The lowest BCUT2D eigenvalue weighted by atomic mass is 10.1. The van der Waals surface area contributed by atoms with Crippen molar-refractivity contribution in [3.63, 3.8) is 0 Å². The maximum absolute atomic E-state index is 13.3. The minimum Gasteiger partial charge on any atom is -0.352 e. The summed E-state index contributed by atoms with van der Waals surface area (Å²) >= 11 is 0. The number of alkyl halides is 2. The molecular formula is C15H21Cl2F2N7O. The predicted molar refractivity (Wildman–Crippen MR) is 101 cm³/mol. The van der Waals surface area contributed by atoms with Gasteiger partial charge in [-0.15, -0.1) is 24.8 Å². The number of amides is 1. The minimum absolute atomic E-state index is 0. The second-order valence-electron chi connectivity index (χ2n) is 6.51. The van der Waals surface area contributed by atoms with Gasteiger partial charge < -0.3 is 9.80 Å². The molecule has 2 aromatic rings. The van der Waals surface area contributed by atoms with Gasteiger partial charge in [-0.05, 0) is 0 Å². The van der Waals surface area contributed by atoms with Gasteiger partial charge in [-0.3, -0.25) is 14.8 Å². The summed E-state index contributed by atoms with van der Waals surface area (Å²) in [7, 11) is 1.82. The van der Waals surface area contributed by atoms with Gasteiger partial charge in [-0.1, -0.05) is 0 Å². The molecule has 8 nitrogen and oxygen atoms in total. The zero-order valence-corrected chi connectivity index (χ0v) is 16.3. The summed E-state index contributed by atoms with van der Waals surface area (Å²) in [4.78, 5) is 24.7. The van der Waals surface area contributed by atoms with Crippen molar-refractivity contribution in [2.24, 2.45) is 7.05 Å². The molecule has 0 bridgehead atoms. The molecule has 2 aromatic heterocycles. The molecule has 1 unspecified atom stereocenters. The van der Waals surface area contributed by atoms with Crippen molar-refractivity contribution in [2.45, 2.75) is 18.4 Å². The molecule has 0 saturated carbocycles. The molecule has 4 heterocycles. The lowest BCUT2D eigenvalue weighted by Crippen LogP contribution is -2.53. The number of aromatic nitrogens is 4. The van der Waals surface area contributed by atoms with E-state index >= 15 is 0 Å². The Morgan fingerprint density at radius 3 is 2.56 bits per heavy atom. The third-order valence-corrected chi connectivity index (χ3v) is 4.81. The highest BCUT2D eigenvalue weighted by Gasteiger charge is 2.43. The molecule has 2 saturated heterocycles. The van der Waals surface area contributed by atoms with E-state index in [0.29, 0.717) is 26.2 Å². The average molecular weight is 424 g/mol. The molecule has 2 aliphatic rings. The van der Waals surface area contributed by atoms with Crippen LogP contribution in [0.5, 0.6) is 0 Å². The second kappa shape index (κ2) is 8.07. The number of nitrogens with zero attached hydrogens (tertiary/aromatic N) is 6. The highest BCUT2D eigenvalue weighted by Crippen LogP contribution is 2.27. The van der Waals surface area contributed by atoms with Crippen LogP contribution < -0.4 is 10.2 Å². The van der Waals surface area contributed by atoms with Crippen LogP contribution in [-0.4, -0.2) is 75.2 Å². The summed E-state index contributed by atoms with van der Waals surface area (Å²) in [5.41, 5.74) is 0.751. The topological polar surface area (TPSA) is 79.2 Å². The van der Waals surface area contributed by atoms with Crippen LogP contribution >= 0.6 is 24.8 Å². The molecular weight excluding hydrogens is 403 g/mol. The van der Waals surface area contributed by atoms with Crippen LogP contribution in [0, 0.1) is 0 Å². The van der Waals surface area contributed by atoms with Crippen molar-refractivity contribution < 1.29 is 13.6 Å². The van der Waals surface area contributed by atoms with Gasteiger partial charge in [0.25, 0.3) is 5.92 Å². The Balaban J connectivity index is 0.00000131. The fourth-order valence-electron chi connectivity index (χ4n) is 3.45. The van der Waals surface area contributed by atoms with Gasteiger partial charge >= 0.3 is 0 Å². The zero-order valence-electron chi connectivity index (χ0n) is 14.6. The standard InChI is InChI=1S/C15H19F2N7O.2ClH/c1-22-12-10(7-21-22)13(20-9-19-12)23-2-4-24(5-3-23)14(25)11-6-15(16,17)8-18-11;;/h7,9,11,18H,2-6,8H2,1H3;2*1H. The Bertz CT molecular complexity index is 811. The molecule has 0 aromatic carbocycles. The number of hydrogen-bond donors (Lipinski definition) is 1. The Morgan fingerprint density at radius 1 is 1.22 bits per heavy atom. The number of hydrogen-bond acceptors (Lipinski definition) is 6. The summed E-state index contributed by atoms with van der Waals surface area (Å²) in [5, 5.41) is 7.69. The SMILES string of the molecule is Cl.Cl.Cn1ncc2c(N3CCN(C(=O)C4CC(F)(F)CN4)CC3)ncnc21. The number of carbonyl (C=O) groups excluding carboxylic acids is 1. The summed E-state index contributed by atoms with van der Waals surface area (Å²) in [5.74, 6) is -2.25. The summed E-state index contributed by atoms with van der Waals surface area (Å²) in [6, 6.07) is -0.786. The van der Waals surface area contributed by atoms with Crippen LogP contribution in [0.4, 0.5) is 14.6 Å². The fourth-order valence-corrected chi connectivity index (χ4v) is 3.45. The van der Waals surface area contributed by atoms with Gasteiger partial charge in [0, 0.05) is 39.6 Å². The first-order valence-corrected chi connectivity index (χ1v) is 8.22. The van der Waals surface area contributed by atoms with Crippen molar-refractivity contribution >= 4 is 47.6 Å². The molecule has 1 N–H and O–H groups in total. The molecule has 0 spiro atoms. The summed E-state index contributed by atoms with van der Waals surface area (Å²) < 4.78 is 28.3. The molecule has 4 rings (SSSR count). The smallest absolute Gasteiger partial charge is 0.262 e. The quantitative estimate of drug-likeness (QED) is 0.771. The number of halogens is 4. The normalized spacial score (nSPS) is 21.7. The van der Waals surface area contributed by atoms with Crippen LogP contribution in [0.3, 0.4) is 0 Å². The lowest BCUT2D eigenvalue weighted by molar-refractivity contribution is -0.134. The highest BCUT2D eigenvalue weighted by atomic mass is 35.5. The molecule has 12 heteroatoms. The van der Waals surface area contributed by atoms with E-state index in [0.717, 1.165) is 16.9 Å². The first-order valence-electron chi connectivity index (χ1n) is 8.22. The predicted octanol–water partition coefficient (Wildman–Crippen LogP) is 0.853. The summed E-state index contributed by atoms with van der Waals surface area (Å²) in [6.07, 6.45) is 2.81. The Hall–Kier alpha value is -1.78. The molecule has 1 atom stereocenters. The number of rotatable bonds is 2. The lowest BCUT2D eigenvalue weighted by Gasteiger charge is -2.36. The van der Waals surface area contributed by atoms with Crippen LogP contribution in [0.25, 0.3) is 11.0 Å².